The summed E-state index contributed by atoms with van der Waals surface area (Å²) in [6.45, 7) is 15.2. The summed E-state index contributed by atoms with van der Waals surface area (Å²) < 4.78 is 0. The largest absolute Gasteiger partial charge is 0.394 e. The van der Waals surface area contributed by atoms with Gasteiger partial charge in [0.1, 0.15) is 11.6 Å². The van der Waals surface area contributed by atoms with Crippen LogP contribution < -0.4 is 9.62 Å². The molecular formula is C20H28BN4Pt. The fraction of sp³-hybridized carbons (Fsp3) is 0.500. The number of hydrogen-bond acceptors (Lipinski definition) is 4. The normalized spacial score (nSPS) is 14.8. The fourth-order valence-corrected chi connectivity index (χ4v) is 2.93. The van der Waals surface area contributed by atoms with Crippen LogP contribution in [0.15, 0.2) is 36.7 Å². The number of aromatic nitrogens is 2. The summed E-state index contributed by atoms with van der Waals surface area (Å²) in [4.78, 5) is 13.6. The van der Waals surface area contributed by atoms with E-state index in [1.54, 1.807) is 0 Å². The van der Waals surface area contributed by atoms with E-state index in [1.165, 1.54) is 11.1 Å². The minimum atomic E-state index is 0. The Hall–Kier alpha value is -1.35. The van der Waals surface area contributed by atoms with Crippen molar-refractivity contribution in [3.8, 4) is 0 Å². The van der Waals surface area contributed by atoms with Gasteiger partial charge in [0.2, 0.25) is 0 Å². The van der Waals surface area contributed by atoms with Crippen LogP contribution in [-0.4, -0.2) is 30.6 Å². The zero-order valence-corrected chi connectivity index (χ0v) is 18.8. The molecule has 0 aliphatic carbocycles. The van der Waals surface area contributed by atoms with Crippen molar-refractivity contribution in [3.63, 3.8) is 0 Å². The van der Waals surface area contributed by atoms with Gasteiger partial charge in [0, 0.05) is 46.5 Å². The zero-order valence-electron chi connectivity index (χ0n) is 16.6. The number of anilines is 2. The van der Waals surface area contributed by atoms with E-state index in [9.17, 15) is 0 Å². The summed E-state index contributed by atoms with van der Waals surface area (Å²) in [7, 11) is 2.13. The Morgan fingerprint density at radius 2 is 1.15 bits per heavy atom. The van der Waals surface area contributed by atoms with Crippen LogP contribution in [0, 0.1) is 0 Å². The molecule has 0 atom stereocenters. The summed E-state index contributed by atoms with van der Waals surface area (Å²) in [6.07, 6.45) is 3.82. The van der Waals surface area contributed by atoms with Gasteiger partial charge < -0.3 is 9.62 Å². The fourth-order valence-electron chi connectivity index (χ4n) is 2.93. The minimum Gasteiger partial charge on any atom is -0.382 e. The van der Waals surface area contributed by atoms with E-state index in [1.807, 2.05) is 12.4 Å². The van der Waals surface area contributed by atoms with E-state index < -0.39 is 0 Å². The van der Waals surface area contributed by atoms with Gasteiger partial charge in [-0.25, -0.2) is 9.97 Å². The average molecular weight is 530 g/mol. The van der Waals surface area contributed by atoms with Gasteiger partial charge in [-0.2, -0.15) is 0 Å². The van der Waals surface area contributed by atoms with E-state index >= 15 is 0 Å². The quantitative estimate of drug-likeness (QED) is 0.552. The topological polar surface area (TPSA) is 32.3 Å². The molecule has 2 aromatic heterocycles. The maximum Gasteiger partial charge on any atom is 0.394 e. The van der Waals surface area contributed by atoms with Crippen molar-refractivity contribution in [3.05, 3.63) is 47.8 Å². The second-order valence-corrected chi connectivity index (χ2v) is 8.81. The van der Waals surface area contributed by atoms with Gasteiger partial charge in [0.15, 0.2) is 0 Å². The molecule has 4 nitrogen and oxygen atoms in total. The molecule has 6 heteroatoms. The van der Waals surface area contributed by atoms with Crippen LogP contribution in [0.5, 0.6) is 0 Å². The van der Waals surface area contributed by atoms with Gasteiger partial charge in [-0.3, -0.25) is 0 Å². The van der Waals surface area contributed by atoms with Gasteiger partial charge >= 0.3 is 7.55 Å². The summed E-state index contributed by atoms with van der Waals surface area (Å²) >= 11 is 0. The van der Waals surface area contributed by atoms with Crippen molar-refractivity contribution >= 4 is 19.2 Å². The van der Waals surface area contributed by atoms with Crippen molar-refractivity contribution in [2.75, 3.05) is 22.7 Å². The predicted molar refractivity (Wildman–Crippen MR) is 106 cm³/mol. The Labute approximate surface area is 173 Å². The van der Waals surface area contributed by atoms with Crippen molar-refractivity contribution in [2.45, 2.75) is 52.4 Å². The molecule has 141 valence electrons. The third-order valence-electron chi connectivity index (χ3n) is 4.67. The zero-order chi connectivity index (χ0) is 18.2. The maximum atomic E-state index is 4.57. The van der Waals surface area contributed by atoms with Gasteiger partial charge in [0.25, 0.3) is 0 Å². The molecule has 0 amide bonds. The van der Waals surface area contributed by atoms with Crippen LogP contribution in [0.25, 0.3) is 0 Å². The van der Waals surface area contributed by atoms with Crippen molar-refractivity contribution < 1.29 is 21.1 Å². The second kappa shape index (κ2) is 7.72. The van der Waals surface area contributed by atoms with E-state index in [0.717, 1.165) is 24.7 Å². The summed E-state index contributed by atoms with van der Waals surface area (Å²) in [5, 5.41) is 0. The maximum absolute atomic E-state index is 4.57. The molecule has 3 heterocycles. The molecule has 0 aromatic carbocycles. The molecule has 1 saturated heterocycles. The molecule has 1 radical (unpaired) electrons. The third kappa shape index (κ3) is 4.68. The Morgan fingerprint density at radius 3 is 1.50 bits per heavy atom. The monoisotopic (exact) mass is 530 g/mol. The molecule has 3 rings (SSSR count). The molecule has 1 aliphatic rings. The summed E-state index contributed by atoms with van der Waals surface area (Å²) in [5.41, 5.74) is 2.86. The van der Waals surface area contributed by atoms with Crippen molar-refractivity contribution in [1.82, 2.24) is 9.97 Å². The van der Waals surface area contributed by atoms with Crippen LogP contribution in [0.2, 0.25) is 0 Å². The van der Waals surface area contributed by atoms with Crippen molar-refractivity contribution in [2.24, 2.45) is 0 Å². The van der Waals surface area contributed by atoms with E-state index in [-0.39, 0.29) is 31.9 Å². The molecule has 26 heavy (non-hydrogen) atoms. The first-order valence-electron chi connectivity index (χ1n) is 8.96. The smallest absolute Gasteiger partial charge is 0.382 e. The van der Waals surface area contributed by atoms with E-state index in [4.69, 9.17) is 0 Å². The van der Waals surface area contributed by atoms with Gasteiger partial charge in [-0.1, -0.05) is 41.5 Å². The molecular weight excluding hydrogens is 502 g/mol. The van der Waals surface area contributed by atoms with E-state index in [0.29, 0.717) is 0 Å². The van der Waals surface area contributed by atoms with Gasteiger partial charge in [-0.05, 0) is 46.2 Å². The molecule has 2 aromatic rings. The SMILES string of the molecule is CC(C)(C)c1ccnc(N2[B]N(c3cc(C(C)(C)C)ccn3)CC2)c1.[Pt]. The molecule has 0 bridgehead atoms. The molecule has 1 fully saturated rings. The minimum absolute atomic E-state index is 0. The Morgan fingerprint density at radius 1 is 0.769 bits per heavy atom. The molecule has 0 unspecified atom stereocenters. The first kappa shape index (κ1) is 21.0. The van der Waals surface area contributed by atoms with Crippen LogP contribution in [0.3, 0.4) is 0 Å². The van der Waals surface area contributed by atoms with Crippen LogP contribution >= 0.6 is 0 Å². The first-order chi connectivity index (χ1) is 11.6. The number of pyridine rings is 2. The molecule has 1 aliphatic heterocycles. The Kier molecular flexibility index (Phi) is 6.22. The van der Waals surface area contributed by atoms with Crippen LogP contribution in [0.1, 0.15) is 52.7 Å². The van der Waals surface area contributed by atoms with Crippen LogP contribution in [-0.2, 0) is 31.9 Å². The second-order valence-electron chi connectivity index (χ2n) is 8.81. The Balaban J connectivity index is 0.00000243. The Bertz CT molecular complexity index is 688. The molecule has 0 N–H and O–H groups in total. The molecule has 0 saturated carbocycles. The third-order valence-corrected chi connectivity index (χ3v) is 4.67. The summed E-state index contributed by atoms with van der Waals surface area (Å²) in [5.74, 6) is 2.00. The van der Waals surface area contributed by atoms with Crippen LogP contribution in [0.4, 0.5) is 11.6 Å². The van der Waals surface area contributed by atoms with Gasteiger partial charge in [0.05, 0.1) is 0 Å². The predicted octanol–water partition coefficient (Wildman–Crippen LogP) is 3.93. The molecule has 0 spiro atoms. The van der Waals surface area contributed by atoms with Gasteiger partial charge in [-0.15, -0.1) is 0 Å². The number of nitrogens with zero attached hydrogens (tertiary/aromatic N) is 4. The summed E-state index contributed by atoms with van der Waals surface area (Å²) in [6, 6.07) is 8.59. The van der Waals surface area contributed by atoms with Crippen molar-refractivity contribution in [1.29, 1.82) is 0 Å². The number of hydrogen-bond donors (Lipinski definition) is 0. The van der Waals surface area contributed by atoms with E-state index in [2.05, 4.69) is 92.9 Å². The first-order valence-corrected chi connectivity index (χ1v) is 8.96. The standard InChI is InChI=1S/C20H28BN4.Pt/c1-19(2,3)15-7-9-22-17(13-15)24-11-12-25(21-24)18-14-16(8-10-23-18)20(4,5)6;/h7-10,13-14H,11-12H2,1-6H3;. The number of rotatable bonds is 2. The average Bonchev–Trinajstić information content (AvgIpc) is 3.04.